The van der Waals surface area contributed by atoms with Crippen LogP contribution >= 0.6 is 11.6 Å². The van der Waals surface area contributed by atoms with Gasteiger partial charge >= 0.3 is 0 Å². The fraction of sp³-hybridized carbons (Fsp3) is 0.182. The number of amides is 2. The van der Waals surface area contributed by atoms with Gasteiger partial charge in [0.25, 0.3) is 11.8 Å². The first-order valence-corrected chi connectivity index (χ1v) is 10.4. The molecule has 10 nitrogen and oxygen atoms in total. The summed E-state index contributed by atoms with van der Waals surface area (Å²) >= 11 is 6.11. The summed E-state index contributed by atoms with van der Waals surface area (Å²) in [6.45, 7) is 1.90. The van der Waals surface area contributed by atoms with E-state index in [2.05, 4.69) is 20.3 Å². The van der Waals surface area contributed by atoms with Crippen molar-refractivity contribution in [3.05, 3.63) is 86.0 Å². The van der Waals surface area contributed by atoms with Crippen molar-refractivity contribution >= 4 is 40.1 Å². The van der Waals surface area contributed by atoms with Crippen LogP contribution in [0.1, 0.15) is 43.6 Å². The van der Waals surface area contributed by atoms with Gasteiger partial charge in [-0.2, -0.15) is 0 Å². The molecule has 1 aliphatic heterocycles. The summed E-state index contributed by atoms with van der Waals surface area (Å²) in [5, 5.41) is 12.1. The Morgan fingerprint density at radius 2 is 1.94 bits per heavy atom. The lowest BCUT2D eigenvalue weighted by molar-refractivity contribution is 0.0966. The maximum atomic E-state index is 13.8. The van der Waals surface area contributed by atoms with E-state index < -0.39 is 11.9 Å². The molecule has 0 N–H and O–H groups in total. The fourth-order valence-electron chi connectivity index (χ4n) is 4.45. The molecule has 5 rings (SSSR count). The highest BCUT2D eigenvalue weighted by Gasteiger charge is 2.44. The normalized spacial score (nSPS) is 15.1. The fourth-order valence-corrected chi connectivity index (χ4v) is 4.58. The average molecular weight is 461 g/mol. The number of azide groups is 1. The Morgan fingerprint density at radius 1 is 1.21 bits per heavy atom. The van der Waals surface area contributed by atoms with Gasteiger partial charge in [-0.3, -0.25) is 14.5 Å². The van der Waals surface area contributed by atoms with Crippen LogP contribution in [0.4, 0.5) is 5.69 Å². The third-order valence-electron chi connectivity index (χ3n) is 5.90. The summed E-state index contributed by atoms with van der Waals surface area (Å²) in [5.74, 6) is -1.17. The molecule has 11 heteroatoms. The van der Waals surface area contributed by atoms with Crippen LogP contribution in [0.2, 0.25) is 5.02 Å². The van der Waals surface area contributed by atoms with Crippen LogP contribution in [-0.2, 0) is 14.1 Å². The van der Waals surface area contributed by atoms with Crippen molar-refractivity contribution < 1.29 is 9.59 Å². The number of rotatable bonds is 3. The molecule has 0 fully saturated rings. The van der Waals surface area contributed by atoms with Gasteiger partial charge in [0.15, 0.2) is 0 Å². The number of carbonyl (C=O) groups is 2. The Kier molecular flexibility index (Phi) is 4.70. The summed E-state index contributed by atoms with van der Waals surface area (Å²) in [5.41, 5.74) is 13.5. The zero-order chi connectivity index (χ0) is 23.4. The first-order chi connectivity index (χ1) is 15.8. The Labute approximate surface area is 192 Å². The number of aromatic nitrogens is 4. The van der Waals surface area contributed by atoms with E-state index in [-0.39, 0.29) is 17.0 Å². The van der Waals surface area contributed by atoms with Gasteiger partial charge in [-0.25, -0.2) is 4.68 Å². The van der Waals surface area contributed by atoms with Gasteiger partial charge in [-0.1, -0.05) is 28.9 Å². The number of nitrogens with zero attached hydrogens (tertiary/aromatic N) is 8. The molecule has 1 unspecified atom stereocenters. The maximum absolute atomic E-state index is 13.8. The van der Waals surface area contributed by atoms with Crippen LogP contribution in [-0.4, -0.2) is 31.4 Å². The van der Waals surface area contributed by atoms with Crippen molar-refractivity contribution in [2.45, 2.75) is 13.0 Å². The van der Waals surface area contributed by atoms with Crippen molar-refractivity contribution in [3.8, 4) is 0 Å². The van der Waals surface area contributed by atoms with E-state index in [1.165, 1.54) is 6.20 Å². The molecule has 0 saturated carbocycles. The van der Waals surface area contributed by atoms with Gasteiger partial charge in [-0.15, -0.1) is 5.10 Å². The molecule has 0 saturated heterocycles. The number of fused-ring (bicyclic) bond motifs is 2. The second-order valence-corrected chi connectivity index (χ2v) is 8.32. The SMILES string of the molecule is Cc1cc(N2C(=O)c3c(C(=O)N=[N+]=[N-])cn(C)c3C2c2ccc(Cl)cc2)cc2c1nnn2C. The first kappa shape index (κ1) is 20.7. The number of hydrogen-bond acceptors (Lipinski definition) is 4. The number of anilines is 1. The summed E-state index contributed by atoms with van der Waals surface area (Å²) < 4.78 is 3.37. The number of benzene rings is 2. The molecule has 0 bridgehead atoms. The van der Waals surface area contributed by atoms with Gasteiger partial charge in [0.1, 0.15) is 11.6 Å². The van der Waals surface area contributed by atoms with Gasteiger partial charge in [-0.05, 0) is 53.0 Å². The van der Waals surface area contributed by atoms with Gasteiger partial charge in [0.05, 0.1) is 22.3 Å². The number of halogens is 1. The van der Waals surface area contributed by atoms with Crippen LogP contribution in [0.5, 0.6) is 0 Å². The number of hydrogen-bond donors (Lipinski definition) is 0. The van der Waals surface area contributed by atoms with Gasteiger partial charge < -0.3 is 4.57 Å². The highest BCUT2D eigenvalue weighted by molar-refractivity contribution is 6.30. The smallest absolute Gasteiger partial charge is 0.261 e. The molecule has 4 aromatic rings. The quantitative estimate of drug-likeness (QED) is 0.254. The van der Waals surface area contributed by atoms with Crippen molar-refractivity contribution in [1.82, 2.24) is 19.6 Å². The lowest BCUT2D eigenvalue weighted by Crippen LogP contribution is -2.30. The Morgan fingerprint density at radius 3 is 2.64 bits per heavy atom. The van der Waals surface area contributed by atoms with E-state index in [0.29, 0.717) is 16.4 Å². The Balaban J connectivity index is 1.78. The molecule has 3 heterocycles. The number of aryl methyl sites for hydroxylation is 3. The summed E-state index contributed by atoms with van der Waals surface area (Å²) in [6.07, 6.45) is 1.53. The average Bonchev–Trinajstić information content (AvgIpc) is 3.42. The molecule has 2 aromatic carbocycles. The largest absolute Gasteiger partial charge is 0.351 e. The number of carbonyl (C=O) groups excluding carboxylic acids is 2. The van der Waals surface area contributed by atoms with Crippen molar-refractivity contribution in [3.63, 3.8) is 0 Å². The molecular formula is C22H17ClN8O2. The van der Waals surface area contributed by atoms with Crippen molar-refractivity contribution in [1.29, 1.82) is 0 Å². The van der Waals surface area contributed by atoms with Gasteiger partial charge in [0, 0.05) is 35.9 Å². The van der Waals surface area contributed by atoms with E-state index in [0.717, 1.165) is 22.2 Å². The van der Waals surface area contributed by atoms with Crippen LogP contribution in [0.15, 0.2) is 47.7 Å². The molecule has 0 aliphatic carbocycles. The van der Waals surface area contributed by atoms with Crippen LogP contribution in [0, 0.1) is 6.92 Å². The van der Waals surface area contributed by atoms with Crippen LogP contribution in [0.3, 0.4) is 0 Å². The molecule has 1 aliphatic rings. The minimum atomic E-state index is -0.804. The van der Waals surface area contributed by atoms with Crippen molar-refractivity contribution in [2.75, 3.05) is 4.90 Å². The molecule has 0 radical (unpaired) electrons. The molecule has 1 atom stereocenters. The van der Waals surface area contributed by atoms with E-state index in [1.54, 1.807) is 40.4 Å². The summed E-state index contributed by atoms with van der Waals surface area (Å²) in [7, 11) is 3.54. The minimum Gasteiger partial charge on any atom is -0.351 e. The van der Waals surface area contributed by atoms with E-state index in [4.69, 9.17) is 17.1 Å². The van der Waals surface area contributed by atoms with Gasteiger partial charge in [0.2, 0.25) is 0 Å². The lowest BCUT2D eigenvalue weighted by Gasteiger charge is -2.27. The first-order valence-electron chi connectivity index (χ1n) is 9.99. The molecule has 164 valence electrons. The minimum absolute atomic E-state index is 0.0664. The third kappa shape index (κ3) is 3.07. The predicted octanol–water partition coefficient (Wildman–Crippen LogP) is 4.47. The summed E-state index contributed by atoms with van der Waals surface area (Å²) in [6, 6.07) is 10.4. The monoisotopic (exact) mass is 460 g/mol. The molecule has 33 heavy (non-hydrogen) atoms. The maximum Gasteiger partial charge on any atom is 0.261 e. The summed E-state index contributed by atoms with van der Waals surface area (Å²) in [4.78, 5) is 30.5. The lowest BCUT2D eigenvalue weighted by atomic mass is 10.0. The standard InChI is InChI=1S/C22H17ClN8O2/c1-11-8-14(9-16-18(11)25-28-30(16)3)31-19(12-4-6-13(23)7-5-12)20-17(22(31)33)15(10-29(20)2)21(32)26-27-24/h4-10,19H,1-3H3. The molecule has 2 amide bonds. The van der Waals surface area contributed by atoms with Crippen LogP contribution in [0.25, 0.3) is 21.5 Å². The van der Waals surface area contributed by atoms with E-state index in [1.807, 2.05) is 31.2 Å². The molecule has 0 spiro atoms. The van der Waals surface area contributed by atoms with Crippen LogP contribution < -0.4 is 4.90 Å². The zero-order valence-electron chi connectivity index (χ0n) is 17.9. The Hall–Kier alpha value is -4.14. The second kappa shape index (κ2) is 7.47. The predicted molar refractivity (Wildman–Crippen MR) is 122 cm³/mol. The molecular weight excluding hydrogens is 444 g/mol. The third-order valence-corrected chi connectivity index (χ3v) is 6.15. The highest BCUT2D eigenvalue weighted by atomic mass is 35.5. The highest BCUT2D eigenvalue weighted by Crippen LogP contribution is 2.44. The zero-order valence-corrected chi connectivity index (χ0v) is 18.6. The second-order valence-electron chi connectivity index (χ2n) is 7.88. The topological polar surface area (TPSA) is 122 Å². The van der Waals surface area contributed by atoms with Crippen molar-refractivity contribution in [2.24, 2.45) is 19.2 Å². The van der Waals surface area contributed by atoms with E-state index >= 15 is 0 Å². The van der Waals surface area contributed by atoms with E-state index in [9.17, 15) is 9.59 Å². The molecule has 2 aromatic heterocycles. The Bertz CT molecular complexity index is 1510.